The molecule has 4 nitrogen and oxygen atoms in total. The second kappa shape index (κ2) is 4.99. The number of aliphatic hydroxyl groups excluding tert-OH is 1. The van der Waals surface area contributed by atoms with Crippen LogP contribution in [0.3, 0.4) is 0 Å². The fourth-order valence-electron chi connectivity index (χ4n) is 1.42. The molecule has 0 amide bonds. The van der Waals surface area contributed by atoms with Gasteiger partial charge in [-0.15, -0.1) is 0 Å². The highest BCUT2D eigenvalue weighted by Gasteiger charge is 2.09. The van der Waals surface area contributed by atoms with E-state index in [4.69, 9.17) is 5.73 Å². The summed E-state index contributed by atoms with van der Waals surface area (Å²) in [5.74, 6) is -0.0284. The number of aliphatic hydroxyl groups is 1. The Bertz CT molecular complexity index is 501. The number of rotatable bonds is 3. The lowest BCUT2D eigenvalue weighted by atomic mass is 10.1. The summed E-state index contributed by atoms with van der Waals surface area (Å²) in [6.45, 7) is 0.0624. The van der Waals surface area contributed by atoms with Crippen LogP contribution >= 0.6 is 0 Å². The molecule has 0 radical (unpaired) electrons. The van der Waals surface area contributed by atoms with Gasteiger partial charge in [0.05, 0.1) is 5.69 Å². The molecule has 1 atom stereocenters. The van der Waals surface area contributed by atoms with E-state index in [9.17, 15) is 9.50 Å². The molecular formula is C12H12FN3O. The molecule has 0 aliphatic rings. The molecule has 0 saturated heterocycles. The lowest BCUT2D eigenvalue weighted by Gasteiger charge is -2.07. The van der Waals surface area contributed by atoms with Crippen LogP contribution in [0, 0.1) is 5.82 Å². The number of halogens is 1. The Morgan fingerprint density at radius 1 is 1.24 bits per heavy atom. The van der Waals surface area contributed by atoms with E-state index in [0.717, 1.165) is 5.56 Å². The molecule has 5 heteroatoms. The van der Waals surface area contributed by atoms with Crippen LogP contribution in [-0.4, -0.2) is 21.6 Å². The van der Waals surface area contributed by atoms with Crippen LogP contribution in [0.2, 0.25) is 0 Å². The molecule has 17 heavy (non-hydrogen) atoms. The summed E-state index contributed by atoms with van der Waals surface area (Å²) >= 11 is 0. The molecule has 2 rings (SSSR count). The van der Waals surface area contributed by atoms with Crippen molar-refractivity contribution in [1.29, 1.82) is 0 Å². The second-order valence-electron chi connectivity index (χ2n) is 3.56. The van der Waals surface area contributed by atoms with Gasteiger partial charge in [-0.05, 0) is 30.3 Å². The Labute approximate surface area is 98.0 Å². The maximum atomic E-state index is 12.8. The molecule has 88 valence electrons. The van der Waals surface area contributed by atoms with Crippen LogP contribution in [0.1, 0.15) is 11.9 Å². The van der Waals surface area contributed by atoms with E-state index in [1.165, 1.54) is 12.1 Å². The zero-order chi connectivity index (χ0) is 12.3. The summed E-state index contributed by atoms with van der Waals surface area (Å²) in [5.41, 5.74) is 6.72. The van der Waals surface area contributed by atoms with Crippen molar-refractivity contribution in [2.75, 3.05) is 6.54 Å². The molecule has 1 aromatic carbocycles. The van der Waals surface area contributed by atoms with Crippen molar-refractivity contribution in [3.05, 3.63) is 48.2 Å². The van der Waals surface area contributed by atoms with E-state index in [0.29, 0.717) is 5.69 Å². The van der Waals surface area contributed by atoms with Gasteiger partial charge < -0.3 is 10.8 Å². The van der Waals surface area contributed by atoms with Crippen LogP contribution < -0.4 is 5.73 Å². The monoisotopic (exact) mass is 233 g/mol. The second-order valence-corrected chi connectivity index (χ2v) is 3.56. The van der Waals surface area contributed by atoms with Crippen molar-refractivity contribution in [2.24, 2.45) is 5.73 Å². The van der Waals surface area contributed by atoms with Gasteiger partial charge >= 0.3 is 0 Å². The fraction of sp³-hybridized carbons (Fsp3) is 0.167. The third-order valence-corrected chi connectivity index (χ3v) is 2.34. The summed E-state index contributed by atoms with van der Waals surface area (Å²) < 4.78 is 12.8. The molecule has 0 saturated carbocycles. The van der Waals surface area contributed by atoms with Crippen molar-refractivity contribution in [1.82, 2.24) is 9.97 Å². The van der Waals surface area contributed by atoms with Crippen molar-refractivity contribution < 1.29 is 9.50 Å². The van der Waals surface area contributed by atoms with Gasteiger partial charge in [0.2, 0.25) is 0 Å². The normalized spacial score (nSPS) is 12.4. The van der Waals surface area contributed by atoms with Gasteiger partial charge in [-0.25, -0.2) is 14.4 Å². The topological polar surface area (TPSA) is 72.0 Å². The molecule has 0 aliphatic heterocycles. The number of aromatic nitrogens is 2. The largest absolute Gasteiger partial charge is 0.384 e. The van der Waals surface area contributed by atoms with Gasteiger partial charge in [0.1, 0.15) is 11.9 Å². The first-order valence-electron chi connectivity index (χ1n) is 5.17. The van der Waals surface area contributed by atoms with Crippen LogP contribution in [0.25, 0.3) is 11.3 Å². The summed E-state index contributed by atoms with van der Waals surface area (Å²) in [6, 6.07) is 7.65. The van der Waals surface area contributed by atoms with Gasteiger partial charge in [0.25, 0.3) is 0 Å². The van der Waals surface area contributed by atoms with Gasteiger partial charge in [-0.2, -0.15) is 0 Å². The van der Waals surface area contributed by atoms with Crippen molar-refractivity contribution in [3.63, 3.8) is 0 Å². The maximum absolute atomic E-state index is 12.8. The number of nitrogens with two attached hydrogens (primary N) is 1. The minimum Gasteiger partial charge on any atom is -0.384 e. The number of benzene rings is 1. The summed E-state index contributed by atoms with van der Waals surface area (Å²) in [6.07, 6.45) is 0.662. The van der Waals surface area contributed by atoms with E-state index in [1.54, 1.807) is 24.4 Å². The zero-order valence-electron chi connectivity index (χ0n) is 9.05. The standard InChI is InChI=1S/C12H12FN3O/c13-9-3-1-8(2-4-9)10-5-6-15-12(16-10)11(17)7-14/h1-6,11,17H,7,14H2. The van der Waals surface area contributed by atoms with Crippen molar-refractivity contribution in [3.8, 4) is 11.3 Å². The van der Waals surface area contributed by atoms with Crippen LogP contribution in [-0.2, 0) is 0 Å². The first-order valence-corrected chi connectivity index (χ1v) is 5.17. The molecule has 0 fully saturated rings. The highest BCUT2D eigenvalue weighted by molar-refractivity contribution is 5.58. The molecule has 1 heterocycles. The van der Waals surface area contributed by atoms with Gasteiger partial charge in [-0.3, -0.25) is 0 Å². The Hall–Kier alpha value is -1.85. The van der Waals surface area contributed by atoms with E-state index in [-0.39, 0.29) is 18.2 Å². The average Bonchev–Trinajstić information content (AvgIpc) is 2.39. The average molecular weight is 233 g/mol. The van der Waals surface area contributed by atoms with E-state index >= 15 is 0 Å². The van der Waals surface area contributed by atoms with Gasteiger partial charge in [0, 0.05) is 18.3 Å². The van der Waals surface area contributed by atoms with E-state index in [1.807, 2.05) is 0 Å². The zero-order valence-corrected chi connectivity index (χ0v) is 9.05. The van der Waals surface area contributed by atoms with Gasteiger partial charge in [-0.1, -0.05) is 0 Å². The number of hydrogen-bond acceptors (Lipinski definition) is 4. The third-order valence-electron chi connectivity index (χ3n) is 2.34. The number of hydrogen-bond donors (Lipinski definition) is 2. The van der Waals surface area contributed by atoms with Crippen molar-refractivity contribution in [2.45, 2.75) is 6.10 Å². The lowest BCUT2D eigenvalue weighted by molar-refractivity contribution is 0.176. The smallest absolute Gasteiger partial charge is 0.158 e. The summed E-state index contributed by atoms with van der Waals surface area (Å²) in [7, 11) is 0. The van der Waals surface area contributed by atoms with Crippen LogP contribution in [0.4, 0.5) is 4.39 Å². The van der Waals surface area contributed by atoms with E-state index < -0.39 is 6.10 Å². The quantitative estimate of drug-likeness (QED) is 0.837. The van der Waals surface area contributed by atoms with Crippen molar-refractivity contribution >= 4 is 0 Å². The predicted octanol–water partition coefficient (Wildman–Crippen LogP) is 1.27. The van der Waals surface area contributed by atoms with Gasteiger partial charge in [0.15, 0.2) is 5.82 Å². The SMILES string of the molecule is NCC(O)c1nccc(-c2ccc(F)cc2)n1. The molecule has 1 aromatic heterocycles. The Balaban J connectivity index is 2.36. The molecule has 1 unspecified atom stereocenters. The minimum atomic E-state index is -0.879. The predicted molar refractivity (Wildman–Crippen MR) is 61.4 cm³/mol. The van der Waals surface area contributed by atoms with E-state index in [2.05, 4.69) is 9.97 Å². The highest BCUT2D eigenvalue weighted by atomic mass is 19.1. The third kappa shape index (κ3) is 2.64. The Morgan fingerprint density at radius 3 is 2.59 bits per heavy atom. The van der Waals surface area contributed by atoms with Crippen LogP contribution in [0.15, 0.2) is 36.5 Å². The lowest BCUT2D eigenvalue weighted by Crippen LogP contribution is -2.14. The summed E-state index contributed by atoms with van der Waals surface area (Å²) in [4.78, 5) is 8.12. The molecule has 0 aliphatic carbocycles. The molecule has 0 bridgehead atoms. The minimum absolute atomic E-state index is 0.0624. The van der Waals surface area contributed by atoms with Crippen LogP contribution in [0.5, 0.6) is 0 Å². The fourth-order valence-corrected chi connectivity index (χ4v) is 1.42. The Morgan fingerprint density at radius 2 is 1.94 bits per heavy atom. The maximum Gasteiger partial charge on any atom is 0.158 e. The molecule has 2 aromatic rings. The summed E-state index contributed by atoms with van der Waals surface area (Å²) in [5, 5.41) is 9.53. The molecule has 3 N–H and O–H groups in total. The first-order chi connectivity index (χ1) is 8.20. The highest BCUT2D eigenvalue weighted by Crippen LogP contribution is 2.18. The Kier molecular flexibility index (Phi) is 3.41. The molecular weight excluding hydrogens is 221 g/mol. The molecule has 0 spiro atoms. The number of nitrogens with zero attached hydrogens (tertiary/aromatic N) is 2. The first kappa shape index (κ1) is 11.6.